The molecule has 0 saturated carbocycles. The van der Waals surface area contributed by atoms with Crippen molar-refractivity contribution in [2.75, 3.05) is 33.4 Å². The summed E-state index contributed by atoms with van der Waals surface area (Å²) in [5.41, 5.74) is 1.35. The van der Waals surface area contributed by atoms with E-state index in [-0.39, 0.29) is 29.8 Å². The average Bonchev–Trinajstić information content (AvgIpc) is 3.28. The summed E-state index contributed by atoms with van der Waals surface area (Å²) in [6.07, 6.45) is 4.53. The van der Waals surface area contributed by atoms with Gasteiger partial charge in [-0.3, -0.25) is 0 Å². The monoisotopic (exact) mass is 501 g/mol. The fourth-order valence-electron chi connectivity index (χ4n) is 3.47. The molecule has 1 aliphatic rings. The molecule has 0 aliphatic carbocycles. The number of methoxy groups -OCH3 is 1. The van der Waals surface area contributed by atoms with Gasteiger partial charge in [0.05, 0.1) is 18.8 Å². The smallest absolute Gasteiger partial charge is 0.194 e. The number of aliphatic imine (C=N–C) groups is 1. The number of benzene rings is 1. The summed E-state index contributed by atoms with van der Waals surface area (Å²) in [7, 11) is 1.74. The third-order valence-corrected chi connectivity index (χ3v) is 4.83. The van der Waals surface area contributed by atoms with E-state index in [0.717, 1.165) is 50.0 Å². The number of nitrogens with one attached hydrogen (secondary N) is 1. The fourth-order valence-corrected chi connectivity index (χ4v) is 3.47. The Kier molecular flexibility index (Phi) is 8.68. The van der Waals surface area contributed by atoms with Gasteiger partial charge in [0.2, 0.25) is 0 Å². The van der Waals surface area contributed by atoms with E-state index < -0.39 is 0 Å². The molecule has 28 heavy (non-hydrogen) atoms. The highest BCUT2D eigenvalue weighted by molar-refractivity contribution is 14.0. The van der Waals surface area contributed by atoms with Gasteiger partial charge in [0.1, 0.15) is 11.6 Å². The first-order chi connectivity index (χ1) is 13.1. The van der Waals surface area contributed by atoms with Crippen LogP contribution in [0.1, 0.15) is 24.7 Å². The van der Waals surface area contributed by atoms with Crippen molar-refractivity contribution in [2.45, 2.75) is 26.8 Å². The van der Waals surface area contributed by atoms with Gasteiger partial charge in [0.15, 0.2) is 5.96 Å². The molecule has 6 nitrogen and oxygen atoms in total. The average molecular weight is 501 g/mol. The number of hydrogen-bond donors (Lipinski definition) is 1. The minimum Gasteiger partial charge on any atom is -0.384 e. The standard InChI is InChI=1S/C20H28FN5O.HI/c1-4-22-20(25-9-7-17(13-25)14-27-3)24-12-16-5-6-19(18(21)11-16)26-10-8-23-15(26)2;/h5-6,8,10-11,17H,4,7,9,12-14H2,1-3H3,(H,22,24);1H. The number of imidazole rings is 1. The Hall–Kier alpha value is -1.68. The van der Waals surface area contributed by atoms with Crippen molar-refractivity contribution in [1.29, 1.82) is 0 Å². The maximum absolute atomic E-state index is 14.6. The highest BCUT2D eigenvalue weighted by atomic mass is 127. The Morgan fingerprint density at radius 2 is 2.25 bits per heavy atom. The molecule has 1 atom stereocenters. The summed E-state index contributed by atoms with van der Waals surface area (Å²) in [5.74, 6) is 1.91. The molecule has 0 radical (unpaired) electrons. The molecule has 0 amide bonds. The summed E-state index contributed by atoms with van der Waals surface area (Å²) >= 11 is 0. The number of hydrogen-bond acceptors (Lipinski definition) is 3. The Labute approximate surface area is 183 Å². The molecule has 1 saturated heterocycles. The maximum Gasteiger partial charge on any atom is 0.194 e. The molecule has 154 valence electrons. The topological polar surface area (TPSA) is 54.7 Å². The molecule has 3 rings (SSSR count). The zero-order chi connectivity index (χ0) is 19.2. The number of aromatic nitrogens is 2. The van der Waals surface area contributed by atoms with Crippen molar-refractivity contribution in [3.8, 4) is 5.69 Å². The second kappa shape index (κ2) is 10.8. The Morgan fingerprint density at radius 3 is 2.89 bits per heavy atom. The van der Waals surface area contributed by atoms with E-state index >= 15 is 0 Å². The van der Waals surface area contributed by atoms with Gasteiger partial charge in [0, 0.05) is 45.1 Å². The number of aryl methyl sites for hydroxylation is 1. The second-order valence-corrected chi connectivity index (χ2v) is 6.86. The SMILES string of the molecule is CCNC(=NCc1ccc(-n2ccnc2C)c(F)c1)N1CCC(COC)C1.I. The van der Waals surface area contributed by atoms with Crippen LogP contribution in [0.3, 0.4) is 0 Å². The largest absolute Gasteiger partial charge is 0.384 e. The Bertz CT molecular complexity index is 795. The van der Waals surface area contributed by atoms with Crippen LogP contribution in [0, 0.1) is 18.7 Å². The summed E-state index contributed by atoms with van der Waals surface area (Å²) < 4.78 is 21.6. The molecule has 1 aromatic heterocycles. The van der Waals surface area contributed by atoms with Gasteiger partial charge >= 0.3 is 0 Å². The molecule has 0 spiro atoms. The van der Waals surface area contributed by atoms with E-state index in [2.05, 4.69) is 22.1 Å². The molecule has 1 N–H and O–H groups in total. The molecule has 2 heterocycles. The van der Waals surface area contributed by atoms with E-state index in [1.165, 1.54) is 0 Å². The van der Waals surface area contributed by atoms with E-state index in [4.69, 9.17) is 9.73 Å². The van der Waals surface area contributed by atoms with Gasteiger partial charge in [-0.25, -0.2) is 14.4 Å². The number of halogens is 2. The summed E-state index contributed by atoms with van der Waals surface area (Å²) in [5, 5.41) is 3.34. The normalized spacial score (nSPS) is 16.9. The first-order valence-electron chi connectivity index (χ1n) is 9.43. The van der Waals surface area contributed by atoms with Crippen LogP contribution in [-0.2, 0) is 11.3 Å². The lowest BCUT2D eigenvalue weighted by molar-refractivity contribution is 0.157. The highest BCUT2D eigenvalue weighted by Gasteiger charge is 2.24. The van der Waals surface area contributed by atoms with E-state index in [9.17, 15) is 4.39 Å². The number of rotatable bonds is 6. The van der Waals surface area contributed by atoms with Gasteiger partial charge in [-0.15, -0.1) is 24.0 Å². The van der Waals surface area contributed by atoms with Crippen LogP contribution >= 0.6 is 24.0 Å². The van der Waals surface area contributed by atoms with Crippen molar-refractivity contribution in [1.82, 2.24) is 19.8 Å². The second-order valence-electron chi connectivity index (χ2n) is 6.86. The number of likely N-dealkylation sites (tertiary alicyclic amines) is 1. The zero-order valence-electron chi connectivity index (χ0n) is 16.7. The molecule has 0 bridgehead atoms. The first kappa shape index (κ1) is 22.6. The third-order valence-electron chi connectivity index (χ3n) is 4.83. The van der Waals surface area contributed by atoms with Crippen LogP contribution in [0.2, 0.25) is 0 Å². The lowest BCUT2D eigenvalue weighted by Crippen LogP contribution is -2.40. The molecule has 1 aliphatic heterocycles. The Morgan fingerprint density at radius 1 is 1.43 bits per heavy atom. The minimum atomic E-state index is -0.268. The van der Waals surface area contributed by atoms with Crippen LogP contribution in [0.15, 0.2) is 35.6 Å². The van der Waals surface area contributed by atoms with E-state index in [1.54, 1.807) is 36.2 Å². The van der Waals surface area contributed by atoms with Crippen LogP contribution in [0.5, 0.6) is 0 Å². The zero-order valence-corrected chi connectivity index (χ0v) is 19.0. The van der Waals surface area contributed by atoms with Crippen molar-refractivity contribution in [2.24, 2.45) is 10.9 Å². The quantitative estimate of drug-likeness (QED) is 0.375. The van der Waals surface area contributed by atoms with E-state index in [1.807, 2.05) is 13.0 Å². The molecule has 1 unspecified atom stereocenters. The fraction of sp³-hybridized carbons (Fsp3) is 0.500. The summed E-state index contributed by atoms with van der Waals surface area (Å²) in [6, 6.07) is 5.26. The molecular weight excluding hydrogens is 472 g/mol. The molecule has 1 aromatic carbocycles. The number of ether oxygens (including phenoxy) is 1. The molecule has 8 heteroatoms. The maximum atomic E-state index is 14.6. The van der Waals surface area contributed by atoms with Crippen molar-refractivity contribution in [3.63, 3.8) is 0 Å². The molecule has 1 fully saturated rings. The van der Waals surface area contributed by atoms with Crippen LogP contribution in [-0.4, -0.2) is 53.8 Å². The predicted octanol–water partition coefficient (Wildman–Crippen LogP) is 3.37. The number of nitrogens with zero attached hydrogens (tertiary/aromatic N) is 4. The van der Waals surface area contributed by atoms with Gasteiger partial charge in [-0.05, 0) is 38.0 Å². The lowest BCUT2D eigenvalue weighted by Gasteiger charge is -2.21. The van der Waals surface area contributed by atoms with Crippen molar-refractivity contribution >= 4 is 29.9 Å². The first-order valence-corrected chi connectivity index (χ1v) is 9.43. The number of guanidine groups is 1. The minimum absolute atomic E-state index is 0. The summed E-state index contributed by atoms with van der Waals surface area (Å²) in [4.78, 5) is 11.1. The van der Waals surface area contributed by atoms with Gasteiger partial charge < -0.3 is 19.5 Å². The third kappa shape index (κ3) is 5.44. The van der Waals surface area contributed by atoms with Crippen LogP contribution in [0.25, 0.3) is 5.69 Å². The van der Waals surface area contributed by atoms with Crippen LogP contribution in [0.4, 0.5) is 4.39 Å². The van der Waals surface area contributed by atoms with E-state index in [0.29, 0.717) is 18.2 Å². The summed E-state index contributed by atoms with van der Waals surface area (Å²) in [6.45, 7) is 7.83. The van der Waals surface area contributed by atoms with Crippen molar-refractivity contribution < 1.29 is 9.13 Å². The van der Waals surface area contributed by atoms with Gasteiger partial charge in [-0.2, -0.15) is 0 Å². The van der Waals surface area contributed by atoms with Gasteiger partial charge in [0.25, 0.3) is 0 Å². The highest BCUT2D eigenvalue weighted by Crippen LogP contribution is 2.19. The van der Waals surface area contributed by atoms with Crippen molar-refractivity contribution in [3.05, 3.63) is 47.8 Å². The molecule has 2 aromatic rings. The van der Waals surface area contributed by atoms with Gasteiger partial charge in [-0.1, -0.05) is 6.07 Å². The Balaban J connectivity index is 0.00000280. The predicted molar refractivity (Wildman–Crippen MR) is 120 cm³/mol. The lowest BCUT2D eigenvalue weighted by atomic mass is 10.1. The molecular formula is C20H29FIN5O. The van der Waals surface area contributed by atoms with Crippen LogP contribution < -0.4 is 5.32 Å².